The number of carbonyl (C=O) groups excluding carboxylic acids is 1. The number of hydrogen-bond donors (Lipinski definition) is 1. The van der Waals surface area contributed by atoms with Gasteiger partial charge in [0.05, 0.1) is 21.5 Å². The van der Waals surface area contributed by atoms with Crippen molar-refractivity contribution in [1.29, 1.82) is 0 Å². The molecule has 0 bridgehead atoms. The summed E-state index contributed by atoms with van der Waals surface area (Å²) in [6, 6.07) is 10.5. The van der Waals surface area contributed by atoms with Gasteiger partial charge in [0.25, 0.3) is 0 Å². The second-order valence-electron chi connectivity index (χ2n) is 6.09. The predicted octanol–water partition coefficient (Wildman–Crippen LogP) is 3.50. The molecule has 0 aliphatic rings. The van der Waals surface area contributed by atoms with Crippen LogP contribution in [0.15, 0.2) is 41.3 Å². The number of thiazole rings is 1. The number of aromatic nitrogens is 1. The maximum absolute atomic E-state index is 12.2. The number of amides is 1. The third-order valence-corrected chi connectivity index (χ3v) is 5.84. The van der Waals surface area contributed by atoms with Crippen LogP contribution < -0.4 is 5.32 Å². The molecule has 3 rings (SSSR count). The number of rotatable bonds is 4. The number of sulfone groups is 1. The van der Waals surface area contributed by atoms with Crippen molar-refractivity contribution in [1.82, 2.24) is 4.98 Å². The zero-order valence-electron chi connectivity index (χ0n) is 14.2. The molecule has 0 fully saturated rings. The van der Waals surface area contributed by atoms with Gasteiger partial charge in [-0.15, -0.1) is 0 Å². The number of carbonyl (C=O) groups is 1. The minimum absolute atomic E-state index is 0.165. The Morgan fingerprint density at radius 2 is 1.84 bits per heavy atom. The lowest BCUT2D eigenvalue weighted by Gasteiger charge is -2.03. The molecule has 1 aromatic heterocycles. The fraction of sp³-hybridized carbons (Fsp3) is 0.222. The van der Waals surface area contributed by atoms with Crippen molar-refractivity contribution in [3.05, 3.63) is 53.1 Å². The molecule has 1 amide bonds. The van der Waals surface area contributed by atoms with E-state index >= 15 is 0 Å². The molecule has 2 aromatic carbocycles. The van der Waals surface area contributed by atoms with Crippen LogP contribution in [-0.2, 0) is 21.1 Å². The zero-order valence-corrected chi connectivity index (χ0v) is 15.8. The highest BCUT2D eigenvalue weighted by molar-refractivity contribution is 7.90. The van der Waals surface area contributed by atoms with Gasteiger partial charge in [-0.3, -0.25) is 4.79 Å². The molecule has 1 heterocycles. The first-order chi connectivity index (χ1) is 11.7. The molecule has 5 nitrogen and oxygen atoms in total. The van der Waals surface area contributed by atoms with Crippen molar-refractivity contribution in [2.24, 2.45) is 0 Å². The van der Waals surface area contributed by atoms with Crippen LogP contribution in [0.2, 0.25) is 0 Å². The average molecular weight is 374 g/mol. The second kappa shape index (κ2) is 6.57. The monoisotopic (exact) mass is 374 g/mol. The summed E-state index contributed by atoms with van der Waals surface area (Å²) in [6.45, 7) is 4.04. The molecule has 0 spiro atoms. The van der Waals surface area contributed by atoms with E-state index in [-0.39, 0.29) is 17.2 Å². The normalized spacial score (nSPS) is 11.6. The predicted molar refractivity (Wildman–Crippen MR) is 101 cm³/mol. The second-order valence-corrected chi connectivity index (χ2v) is 9.14. The summed E-state index contributed by atoms with van der Waals surface area (Å²) >= 11 is 1.45. The summed E-state index contributed by atoms with van der Waals surface area (Å²) in [6.07, 6.45) is 1.32. The summed E-state index contributed by atoms with van der Waals surface area (Å²) in [5.74, 6) is -0.180. The largest absolute Gasteiger partial charge is 0.302 e. The van der Waals surface area contributed by atoms with E-state index in [1.165, 1.54) is 23.5 Å². The molecule has 0 atom stereocenters. The van der Waals surface area contributed by atoms with Crippen molar-refractivity contribution >= 4 is 42.4 Å². The van der Waals surface area contributed by atoms with Crippen molar-refractivity contribution in [2.45, 2.75) is 25.2 Å². The molecule has 0 saturated heterocycles. The van der Waals surface area contributed by atoms with Crippen molar-refractivity contribution in [2.75, 3.05) is 11.6 Å². The lowest BCUT2D eigenvalue weighted by Crippen LogP contribution is -2.14. The Hall–Kier alpha value is -2.25. The van der Waals surface area contributed by atoms with Gasteiger partial charge in [0, 0.05) is 6.26 Å². The van der Waals surface area contributed by atoms with Crippen LogP contribution in [0.1, 0.15) is 16.7 Å². The van der Waals surface area contributed by atoms with Gasteiger partial charge in [-0.25, -0.2) is 13.4 Å². The van der Waals surface area contributed by atoms with Gasteiger partial charge >= 0.3 is 0 Å². The van der Waals surface area contributed by atoms with Crippen LogP contribution in [0.4, 0.5) is 5.13 Å². The first-order valence-electron chi connectivity index (χ1n) is 7.69. The lowest BCUT2D eigenvalue weighted by atomic mass is 10.1. The Morgan fingerprint density at radius 3 is 2.48 bits per heavy atom. The Balaban J connectivity index is 1.73. The summed E-state index contributed by atoms with van der Waals surface area (Å²) in [4.78, 5) is 17.0. The van der Waals surface area contributed by atoms with Crippen LogP contribution >= 0.6 is 11.3 Å². The minimum atomic E-state index is -3.23. The SMILES string of the molecule is Cc1cc(C)c2nc(NC(=O)Cc3ccc(S(C)(=O)=O)cc3)sc2c1. The molecule has 0 saturated carbocycles. The highest BCUT2D eigenvalue weighted by Crippen LogP contribution is 2.29. The van der Waals surface area contributed by atoms with E-state index in [9.17, 15) is 13.2 Å². The van der Waals surface area contributed by atoms with Crippen LogP contribution in [0.25, 0.3) is 10.2 Å². The van der Waals surface area contributed by atoms with Gasteiger partial charge < -0.3 is 5.32 Å². The molecule has 1 N–H and O–H groups in total. The van der Waals surface area contributed by atoms with E-state index in [0.717, 1.165) is 33.2 Å². The van der Waals surface area contributed by atoms with Gasteiger partial charge in [0.15, 0.2) is 15.0 Å². The van der Waals surface area contributed by atoms with Crippen LogP contribution in [0.5, 0.6) is 0 Å². The molecule has 0 aliphatic carbocycles. The number of anilines is 1. The van der Waals surface area contributed by atoms with E-state index in [0.29, 0.717) is 5.13 Å². The number of aryl methyl sites for hydroxylation is 2. The highest BCUT2D eigenvalue weighted by atomic mass is 32.2. The van der Waals surface area contributed by atoms with Gasteiger partial charge in [0.2, 0.25) is 5.91 Å². The van der Waals surface area contributed by atoms with Gasteiger partial charge in [-0.05, 0) is 48.7 Å². The quantitative estimate of drug-likeness (QED) is 0.758. The third-order valence-electron chi connectivity index (χ3n) is 3.79. The number of fused-ring (bicyclic) bond motifs is 1. The van der Waals surface area contributed by atoms with E-state index in [4.69, 9.17) is 0 Å². The molecule has 0 aliphatic heterocycles. The van der Waals surface area contributed by atoms with Gasteiger partial charge in [0.1, 0.15) is 0 Å². The topological polar surface area (TPSA) is 76.1 Å². The number of benzene rings is 2. The first kappa shape index (κ1) is 17.6. The van der Waals surface area contributed by atoms with E-state index < -0.39 is 9.84 Å². The molecular formula is C18H18N2O3S2. The molecule has 3 aromatic rings. The van der Waals surface area contributed by atoms with E-state index in [1.54, 1.807) is 12.1 Å². The fourth-order valence-electron chi connectivity index (χ4n) is 2.63. The van der Waals surface area contributed by atoms with Crippen LogP contribution in [0, 0.1) is 13.8 Å². The fourth-order valence-corrected chi connectivity index (χ4v) is 4.32. The molecule has 0 radical (unpaired) electrons. The number of nitrogens with zero attached hydrogens (tertiary/aromatic N) is 1. The first-order valence-corrected chi connectivity index (χ1v) is 10.4. The van der Waals surface area contributed by atoms with Crippen LogP contribution in [0.3, 0.4) is 0 Å². The number of hydrogen-bond acceptors (Lipinski definition) is 5. The molecule has 7 heteroatoms. The Kier molecular flexibility index (Phi) is 4.62. The molecule has 25 heavy (non-hydrogen) atoms. The summed E-state index contributed by atoms with van der Waals surface area (Å²) in [5, 5.41) is 3.39. The third kappa shape index (κ3) is 4.05. The summed E-state index contributed by atoms with van der Waals surface area (Å²) in [5.41, 5.74) is 3.90. The van der Waals surface area contributed by atoms with Crippen molar-refractivity contribution in [3.63, 3.8) is 0 Å². The molecular weight excluding hydrogens is 356 g/mol. The van der Waals surface area contributed by atoms with Crippen molar-refractivity contribution < 1.29 is 13.2 Å². The van der Waals surface area contributed by atoms with E-state index in [1.807, 2.05) is 13.8 Å². The van der Waals surface area contributed by atoms with Gasteiger partial charge in [-0.2, -0.15) is 0 Å². The Morgan fingerprint density at radius 1 is 1.16 bits per heavy atom. The zero-order chi connectivity index (χ0) is 18.2. The maximum atomic E-state index is 12.2. The lowest BCUT2D eigenvalue weighted by molar-refractivity contribution is -0.115. The van der Waals surface area contributed by atoms with Crippen molar-refractivity contribution in [3.8, 4) is 0 Å². The standard InChI is InChI=1S/C18H18N2O3S2/c1-11-8-12(2)17-15(9-11)24-18(20-17)19-16(21)10-13-4-6-14(7-5-13)25(3,22)23/h4-9H,10H2,1-3H3,(H,19,20,21). The minimum Gasteiger partial charge on any atom is -0.302 e. The summed E-state index contributed by atoms with van der Waals surface area (Å²) < 4.78 is 24.0. The van der Waals surface area contributed by atoms with E-state index in [2.05, 4.69) is 22.4 Å². The highest BCUT2D eigenvalue weighted by Gasteiger charge is 2.11. The van der Waals surface area contributed by atoms with Gasteiger partial charge in [-0.1, -0.05) is 29.5 Å². The van der Waals surface area contributed by atoms with Crippen LogP contribution in [-0.4, -0.2) is 25.6 Å². The molecule has 0 unspecified atom stereocenters. The molecule has 130 valence electrons. The smallest absolute Gasteiger partial charge is 0.230 e. The summed E-state index contributed by atoms with van der Waals surface area (Å²) in [7, 11) is -3.23. The average Bonchev–Trinajstić information content (AvgIpc) is 2.89. The number of nitrogens with one attached hydrogen (secondary N) is 1. The Bertz CT molecular complexity index is 1050. The maximum Gasteiger partial charge on any atom is 0.230 e. The Labute approximate surface area is 150 Å².